The van der Waals surface area contributed by atoms with Crippen molar-refractivity contribution in [2.45, 2.75) is 10.5 Å². The van der Waals surface area contributed by atoms with Crippen molar-refractivity contribution in [3.05, 3.63) is 83.4 Å². The van der Waals surface area contributed by atoms with Gasteiger partial charge >= 0.3 is 0 Å². The molecule has 3 aromatic carbocycles. The zero-order chi connectivity index (χ0) is 23.2. The number of amides is 1. The summed E-state index contributed by atoms with van der Waals surface area (Å²) in [4.78, 5) is 13.2. The number of hydrogen-bond donors (Lipinski definition) is 1. The van der Waals surface area contributed by atoms with Crippen LogP contribution < -0.4 is 14.8 Å². The van der Waals surface area contributed by atoms with Crippen LogP contribution in [0.2, 0.25) is 5.02 Å². The van der Waals surface area contributed by atoms with Gasteiger partial charge in [-0.15, -0.1) is 10.2 Å². The van der Waals surface area contributed by atoms with Gasteiger partial charge in [0.25, 0.3) is 11.1 Å². The number of thioether (sulfide) groups is 1. The zero-order valence-electron chi connectivity index (χ0n) is 17.8. The fourth-order valence-electron chi connectivity index (χ4n) is 3.14. The number of rotatable bonds is 8. The van der Waals surface area contributed by atoms with Crippen molar-refractivity contribution in [3.63, 3.8) is 0 Å². The molecule has 9 heteroatoms. The average molecular weight is 482 g/mol. The number of ether oxygens (including phenoxy) is 2. The second-order valence-corrected chi connectivity index (χ2v) is 8.28. The number of benzene rings is 3. The molecular formula is C24H20ClN3O4S. The van der Waals surface area contributed by atoms with E-state index in [1.165, 1.54) is 7.11 Å². The molecule has 0 aliphatic heterocycles. The van der Waals surface area contributed by atoms with Crippen LogP contribution in [0.15, 0.2) is 82.4 Å². The van der Waals surface area contributed by atoms with E-state index in [1.54, 1.807) is 25.3 Å². The molecule has 0 fully saturated rings. The molecule has 1 N–H and O–H groups in total. The van der Waals surface area contributed by atoms with Crippen LogP contribution in [0.3, 0.4) is 0 Å². The maximum atomic E-state index is 13.2. The number of hydrogen-bond acceptors (Lipinski definition) is 7. The zero-order valence-corrected chi connectivity index (χ0v) is 19.4. The van der Waals surface area contributed by atoms with Gasteiger partial charge in [-0.3, -0.25) is 4.79 Å². The molecule has 1 amide bonds. The molecule has 7 nitrogen and oxygen atoms in total. The first kappa shape index (κ1) is 22.7. The first-order valence-electron chi connectivity index (χ1n) is 9.92. The Morgan fingerprint density at radius 3 is 2.42 bits per heavy atom. The Hall–Kier alpha value is -3.49. The van der Waals surface area contributed by atoms with Gasteiger partial charge in [0, 0.05) is 5.69 Å². The summed E-state index contributed by atoms with van der Waals surface area (Å²) < 4.78 is 16.4. The summed E-state index contributed by atoms with van der Waals surface area (Å²) in [6.45, 7) is 0. The van der Waals surface area contributed by atoms with Gasteiger partial charge < -0.3 is 19.2 Å². The minimum absolute atomic E-state index is 0.257. The van der Waals surface area contributed by atoms with Crippen molar-refractivity contribution in [3.8, 4) is 23.0 Å². The van der Waals surface area contributed by atoms with Gasteiger partial charge in [-0.1, -0.05) is 54.1 Å². The van der Waals surface area contributed by atoms with Crippen molar-refractivity contribution in [2.24, 2.45) is 0 Å². The van der Waals surface area contributed by atoms with Crippen molar-refractivity contribution < 1.29 is 18.7 Å². The van der Waals surface area contributed by atoms with E-state index in [0.29, 0.717) is 33.7 Å². The van der Waals surface area contributed by atoms with Crippen LogP contribution >= 0.6 is 23.4 Å². The van der Waals surface area contributed by atoms with Crippen LogP contribution in [0.25, 0.3) is 11.5 Å². The number of halogens is 1. The summed E-state index contributed by atoms with van der Waals surface area (Å²) in [7, 11) is 3.11. The normalized spacial score (nSPS) is 11.6. The highest BCUT2D eigenvalue weighted by atomic mass is 35.5. The number of nitrogens with one attached hydrogen (secondary N) is 1. The van der Waals surface area contributed by atoms with Crippen LogP contribution in [0.5, 0.6) is 11.5 Å². The van der Waals surface area contributed by atoms with E-state index in [0.717, 1.165) is 17.3 Å². The molecule has 33 heavy (non-hydrogen) atoms. The molecule has 1 atom stereocenters. The summed E-state index contributed by atoms with van der Waals surface area (Å²) in [5.41, 5.74) is 2.01. The summed E-state index contributed by atoms with van der Waals surface area (Å²) in [5.74, 6) is 1.19. The predicted octanol–water partition coefficient (Wildman–Crippen LogP) is 5.88. The predicted molar refractivity (Wildman–Crippen MR) is 128 cm³/mol. The molecule has 0 saturated carbocycles. The summed E-state index contributed by atoms with van der Waals surface area (Å²) in [5, 5.41) is 11.2. The van der Waals surface area contributed by atoms with E-state index in [2.05, 4.69) is 15.5 Å². The fraction of sp³-hybridized carbons (Fsp3) is 0.125. The van der Waals surface area contributed by atoms with Crippen molar-refractivity contribution in [1.29, 1.82) is 0 Å². The maximum absolute atomic E-state index is 13.2. The molecule has 0 saturated heterocycles. The molecule has 0 aliphatic rings. The molecule has 0 radical (unpaired) electrons. The fourth-order valence-corrected chi connectivity index (χ4v) is 4.27. The van der Waals surface area contributed by atoms with Crippen LogP contribution in [-0.2, 0) is 4.79 Å². The van der Waals surface area contributed by atoms with Gasteiger partial charge in [-0.05, 0) is 47.7 Å². The molecule has 0 aliphatic carbocycles. The summed E-state index contributed by atoms with van der Waals surface area (Å²) in [6.07, 6.45) is 0. The van der Waals surface area contributed by atoms with Crippen molar-refractivity contribution in [2.75, 3.05) is 19.5 Å². The molecule has 1 heterocycles. The van der Waals surface area contributed by atoms with Gasteiger partial charge in [0.05, 0.1) is 24.8 Å². The van der Waals surface area contributed by atoms with Crippen LogP contribution in [0.1, 0.15) is 10.8 Å². The van der Waals surface area contributed by atoms with Gasteiger partial charge in [0.2, 0.25) is 5.91 Å². The van der Waals surface area contributed by atoms with Crippen LogP contribution in [0.4, 0.5) is 5.69 Å². The van der Waals surface area contributed by atoms with Gasteiger partial charge in [0.1, 0.15) is 16.7 Å². The van der Waals surface area contributed by atoms with E-state index in [1.807, 2.05) is 54.6 Å². The standard InChI is InChI=1S/C24H20ClN3O4S/c1-30-19-11-7-6-10-17(19)23-27-28-24(32-23)33-21(15-8-4-3-5-9-15)22(29)26-16-12-13-20(31-2)18(25)14-16/h3-14,21H,1-2H3,(H,26,29)/t21-/m0/s1. The maximum Gasteiger partial charge on any atom is 0.277 e. The van der Waals surface area contributed by atoms with E-state index < -0.39 is 5.25 Å². The Labute approximate surface area is 200 Å². The number of anilines is 1. The Kier molecular flexibility index (Phi) is 7.16. The third-order valence-corrected chi connectivity index (χ3v) is 6.11. The quantitative estimate of drug-likeness (QED) is 0.314. The highest BCUT2D eigenvalue weighted by Crippen LogP contribution is 2.38. The molecule has 0 unspecified atom stereocenters. The molecule has 0 spiro atoms. The summed E-state index contributed by atoms with van der Waals surface area (Å²) in [6, 6.07) is 21.8. The van der Waals surface area contributed by atoms with Gasteiger partial charge in [-0.2, -0.15) is 0 Å². The highest BCUT2D eigenvalue weighted by molar-refractivity contribution is 8.00. The topological polar surface area (TPSA) is 86.5 Å². The smallest absolute Gasteiger partial charge is 0.277 e. The van der Waals surface area contributed by atoms with E-state index in [9.17, 15) is 4.79 Å². The number of nitrogens with zero attached hydrogens (tertiary/aromatic N) is 2. The molecular weight excluding hydrogens is 462 g/mol. The number of methoxy groups -OCH3 is 2. The van der Waals surface area contributed by atoms with Gasteiger partial charge in [0.15, 0.2) is 0 Å². The lowest BCUT2D eigenvalue weighted by Crippen LogP contribution is -2.19. The largest absolute Gasteiger partial charge is 0.496 e. The monoisotopic (exact) mass is 481 g/mol. The highest BCUT2D eigenvalue weighted by Gasteiger charge is 2.26. The second-order valence-electron chi connectivity index (χ2n) is 6.82. The van der Waals surface area contributed by atoms with E-state index in [4.69, 9.17) is 25.5 Å². The number of carbonyl (C=O) groups is 1. The molecule has 4 aromatic rings. The Morgan fingerprint density at radius 1 is 0.970 bits per heavy atom. The number of aromatic nitrogens is 2. The van der Waals surface area contributed by atoms with E-state index >= 15 is 0 Å². The summed E-state index contributed by atoms with van der Waals surface area (Å²) >= 11 is 7.36. The van der Waals surface area contributed by atoms with Crippen LogP contribution in [0, 0.1) is 0 Å². The first-order chi connectivity index (χ1) is 16.1. The SMILES string of the molecule is COc1ccc(NC(=O)[C@@H](Sc2nnc(-c3ccccc3OC)o2)c2ccccc2)cc1Cl. The Bertz CT molecular complexity index is 1250. The third-order valence-electron chi connectivity index (χ3n) is 4.72. The van der Waals surface area contributed by atoms with Crippen LogP contribution in [-0.4, -0.2) is 30.3 Å². The molecule has 4 rings (SSSR count). The number of para-hydroxylation sites is 1. The third kappa shape index (κ3) is 5.30. The second kappa shape index (κ2) is 10.4. The van der Waals surface area contributed by atoms with Crippen molar-refractivity contribution >= 4 is 35.0 Å². The van der Waals surface area contributed by atoms with Gasteiger partial charge in [-0.25, -0.2) is 0 Å². The Morgan fingerprint density at radius 2 is 1.70 bits per heavy atom. The minimum Gasteiger partial charge on any atom is -0.496 e. The first-order valence-corrected chi connectivity index (χ1v) is 11.2. The lowest BCUT2D eigenvalue weighted by Gasteiger charge is -2.15. The lowest BCUT2D eigenvalue weighted by molar-refractivity contribution is -0.115. The molecule has 168 valence electrons. The van der Waals surface area contributed by atoms with E-state index in [-0.39, 0.29) is 11.1 Å². The average Bonchev–Trinajstić information content (AvgIpc) is 3.31. The molecule has 1 aromatic heterocycles. The minimum atomic E-state index is -0.641. The van der Waals surface area contributed by atoms with Crippen molar-refractivity contribution in [1.82, 2.24) is 10.2 Å². The molecule has 0 bridgehead atoms. The number of carbonyl (C=O) groups excluding carboxylic acids is 1. The Balaban J connectivity index is 1.59. The lowest BCUT2D eigenvalue weighted by atomic mass is 10.1.